The molecule has 2 N–H and O–H groups in total. The molecule has 132 valence electrons. The van der Waals surface area contributed by atoms with Crippen LogP contribution in [0.2, 0.25) is 0 Å². The fraction of sp³-hybridized carbons (Fsp3) is 0.118. The van der Waals surface area contributed by atoms with E-state index < -0.39 is 15.9 Å². The van der Waals surface area contributed by atoms with Crippen LogP contribution in [0.15, 0.2) is 65.1 Å². The fourth-order valence-corrected chi connectivity index (χ4v) is 2.92. The molecule has 0 atom stereocenters. The smallest absolute Gasteiger partial charge is 0.264 e. The van der Waals surface area contributed by atoms with Gasteiger partial charge in [0.2, 0.25) is 5.91 Å². The first kappa shape index (κ1) is 20.8. The van der Waals surface area contributed by atoms with E-state index in [9.17, 15) is 18.0 Å². The van der Waals surface area contributed by atoms with Crippen molar-refractivity contribution in [3.05, 3.63) is 66.1 Å². The van der Waals surface area contributed by atoms with Crippen molar-refractivity contribution >= 4 is 27.5 Å². The van der Waals surface area contributed by atoms with Crippen molar-refractivity contribution < 1.29 is 35.4 Å². The summed E-state index contributed by atoms with van der Waals surface area (Å²) >= 11 is 0. The van der Waals surface area contributed by atoms with Gasteiger partial charge in [-0.25, -0.2) is 13.1 Å². The van der Waals surface area contributed by atoms with Gasteiger partial charge in [0.05, 0.1) is 4.90 Å². The molecular formula is C17H17CrN2O4S-. The Labute approximate surface area is 157 Å². The van der Waals surface area contributed by atoms with E-state index in [2.05, 4.69) is 5.32 Å². The van der Waals surface area contributed by atoms with Gasteiger partial charge in [0.15, 0.2) is 0 Å². The zero-order valence-electron chi connectivity index (χ0n) is 13.6. The summed E-state index contributed by atoms with van der Waals surface area (Å²) < 4.78 is 26.6. The van der Waals surface area contributed by atoms with Crippen LogP contribution in [-0.2, 0) is 37.0 Å². The molecule has 0 saturated heterocycles. The van der Waals surface area contributed by atoms with Crippen molar-refractivity contribution in [1.82, 2.24) is 4.72 Å². The summed E-state index contributed by atoms with van der Waals surface area (Å²) in [5, 5.41) is 2.54. The maximum absolute atomic E-state index is 12.3. The molecule has 0 heterocycles. The van der Waals surface area contributed by atoms with Gasteiger partial charge in [-0.15, -0.1) is 12.2 Å². The standard InChI is InChI=1S/C17H17N2O4S.Cr/c1-12-4-3-5-14(7-6-12)17(21)19-24(22,23)16-10-8-15(9-11-16)18-13(2)20;/h3-11H,1-2H3,(H,18,20)(H,19,21);/q-1;. The Balaban J connectivity index is 0.00000312. The fourth-order valence-electron chi connectivity index (χ4n) is 1.95. The molecule has 0 bridgehead atoms. The van der Waals surface area contributed by atoms with Crippen molar-refractivity contribution in [2.24, 2.45) is 0 Å². The van der Waals surface area contributed by atoms with E-state index in [1.807, 2.05) is 17.7 Å². The van der Waals surface area contributed by atoms with E-state index in [1.54, 1.807) is 18.2 Å². The van der Waals surface area contributed by atoms with Crippen molar-refractivity contribution in [1.29, 1.82) is 0 Å². The van der Waals surface area contributed by atoms with Crippen LogP contribution in [0.3, 0.4) is 0 Å². The minimum atomic E-state index is -4.00. The van der Waals surface area contributed by atoms with Crippen LogP contribution in [0.4, 0.5) is 5.69 Å². The van der Waals surface area contributed by atoms with Gasteiger partial charge in [-0.3, -0.25) is 9.59 Å². The molecule has 6 nitrogen and oxygen atoms in total. The van der Waals surface area contributed by atoms with E-state index in [4.69, 9.17) is 0 Å². The normalized spacial score (nSPS) is 13.4. The van der Waals surface area contributed by atoms with Crippen LogP contribution in [0, 0.1) is 5.92 Å². The summed E-state index contributed by atoms with van der Waals surface area (Å²) in [5.74, 6) is -0.0202. The Morgan fingerprint density at radius 3 is 2.32 bits per heavy atom. The van der Waals surface area contributed by atoms with Crippen molar-refractivity contribution in [3.8, 4) is 0 Å². The topological polar surface area (TPSA) is 92.3 Å². The number of anilines is 1. The third-order valence-corrected chi connectivity index (χ3v) is 4.48. The second kappa shape index (κ2) is 8.72. The SMILES string of the molecule is CC(=O)Nc1ccc(S(=O)(=O)NC(=O)C2=CC=C[C-](C)C=C2)cc1.[Cr]. The van der Waals surface area contributed by atoms with Gasteiger partial charge < -0.3 is 5.32 Å². The molecule has 0 spiro atoms. The summed E-state index contributed by atoms with van der Waals surface area (Å²) in [6.07, 6.45) is 8.31. The van der Waals surface area contributed by atoms with E-state index in [-0.39, 0.29) is 33.7 Å². The van der Waals surface area contributed by atoms with Gasteiger partial charge >= 0.3 is 0 Å². The molecule has 0 unspecified atom stereocenters. The van der Waals surface area contributed by atoms with Crippen LogP contribution in [-0.4, -0.2) is 20.2 Å². The molecule has 1 aliphatic rings. The summed E-state index contributed by atoms with van der Waals surface area (Å²) in [5.41, 5.74) is 0.708. The number of carbonyl (C=O) groups is 2. The van der Waals surface area contributed by atoms with Crippen molar-refractivity contribution in [2.75, 3.05) is 5.32 Å². The molecule has 1 aromatic carbocycles. The number of hydrogen-bond donors (Lipinski definition) is 2. The number of hydrogen-bond acceptors (Lipinski definition) is 4. The molecule has 0 aliphatic heterocycles. The van der Waals surface area contributed by atoms with Gasteiger partial charge in [-0.1, -0.05) is 6.92 Å². The number of amides is 2. The summed E-state index contributed by atoms with van der Waals surface area (Å²) in [7, 11) is -4.00. The predicted molar refractivity (Wildman–Crippen MR) is 91.4 cm³/mol. The van der Waals surface area contributed by atoms with Gasteiger partial charge in [-0.2, -0.15) is 24.1 Å². The van der Waals surface area contributed by atoms with Crippen LogP contribution in [0.25, 0.3) is 0 Å². The number of allylic oxidation sites excluding steroid dienone is 4. The molecule has 1 aromatic rings. The molecule has 0 radical (unpaired) electrons. The van der Waals surface area contributed by atoms with Crippen LogP contribution < -0.4 is 10.0 Å². The molecule has 2 rings (SSSR count). The second-order valence-electron chi connectivity index (χ2n) is 5.20. The van der Waals surface area contributed by atoms with Crippen molar-refractivity contribution in [2.45, 2.75) is 18.7 Å². The zero-order valence-corrected chi connectivity index (χ0v) is 15.7. The molecule has 25 heavy (non-hydrogen) atoms. The van der Waals surface area contributed by atoms with Gasteiger partial charge in [0, 0.05) is 30.0 Å². The van der Waals surface area contributed by atoms with Crippen LogP contribution in [0.5, 0.6) is 0 Å². The van der Waals surface area contributed by atoms with E-state index >= 15 is 0 Å². The number of benzene rings is 1. The molecular weight excluding hydrogens is 380 g/mol. The first-order valence-corrected chi connectivity index (χ1v) is 8.61. The maximum Gasteiger partial charge on any atom is 0.264 e. The third kappa shape index (κ3) is 5.94. The Kier molecular flexibility index (Phi) is 7.25. The largest absolute Gasteiger partial charge is 0.326 e. The number of sulfonamides is 1. The predicted octanol–water partition coefficient (Wildman–Crippen LogP) is 2.09. The average molecular weight is 397 g/mol. The quantitative estimate of drug-likeness (QED) is 0.761. The molecule has 0 fully saturated rings. The zero-order chi connectivity index (χ0) is 17.7. The summed E-state index contributed by atoms with van der Waals surface area (Å²) in [4.78, 5) is 23.0. The Hall–Kier alpha value is -2.27. The Bertz CT molecular complexity index is 840. The van der Waals surface area contributed by atoms with E-state index in [0.717, 1.165) is 5.92 Å². The minimum Gasteiger partial charge on any atom is -0.326 e. The Morgan fingerprint density at radius 2 is 1.72 bits per heavy atom. The maximum atomic E-state index is 12.3. The first-order chi connectivity index (χ1) is 11.3. The van der Waals surface area contributed by atoms with Crippen molar-refractivity contribution in [3.63, 3.8) is 0 Å². The first-order valence-electron chi connectivity index (χ1n) is 7.13. The number of nitrogens with one attached hydrogen (secondary N) is 2. The minimum absolute atomic E-state index is 0. The molecule has 0 aromatic heterocycles. The van der Waals surface area contributed by atoms with Gasteiger partial charge in [-0.05, 0) is 29.8 Å². The number of rotatable bonds is 4. The Morgan fingerprint density at radius 1 is 1.08 bits per heavy atom. The average Bonchev–Trinajstić information content (AvgIpc) is 2.71. The summed E-state index contributed by atoms with van der Waals surface area (Å²) in [6.45, 7) is 3.22. The molecule has 0 saturated carbocycles. The molecule has 2 amide bonds. The third-order valence-electron chi connectivity index (χ3n) is 3.13. The number of carbonyl (C=O) groups excluding carboxylic acids is 2. The molecule has 8 heteroatoms. The second-order valence-corrected chi connectivity index (χ2v) is 6.88. The molecule has 1 aliphatic carbocycles. The van der Waals surface area contributed by atoms with Gasteiger partial charge in [0.25, 0.3) is 15.9 Å². The van der Waals surface area contributed by atoms with E-state index in [1.165, 1.54) is 37.3 Å². The summed E-state index contributed by atoms with van der Waals surface area (Å²) in [6, 6.07) is 5.53. The van der Waals surface area contributed by atoms with Gasteiger partial charge in [0.1, 0.15) is 0 Å². The van der Waals surface area contributed by atoms with E-state index in [0.29, 0.717) is 5.69 Å². The monoisotopic (exact) mass is 397 g/mol. The van der Waals surface area contributed by atoms with Crippen LogP contribution >= 0.6 is 0 Å². The van der Waals surface area contributed by atoms with Crippen LogP contribution in [0.1, 0.15) is 13.8 Å².